The predicted octanol–water partition coefficient (Wildman–Crippen LogP) is 2.92. The smallest absolute Gasteiger partial charge is 0.332 e. The Kier molecular flexibility index (Phi) is 5.37. The lowest BCUT2D eigenvalue weighted by Gasteiger charge is -2.20. The summed E-state index contributed by atoms with van der Waals surface area (Å²) in [5.41, 5.74) is 1.57. The molecular formula is C19H21N3O3S. The van der Waals surface area contributed by atoms with Crippen LogP contribution in [0.4, 0.5) is 10.5 Å². The predicted molar refractivity (Wildman–Crippen MR) is 101 cm³/mol. The lowest BCUT2D eigenvalue weighted by atomic mass is 10.1. The number of benzene rings is 1. The van der Waals surface area contributed by atoms with Crippen LogP contribution >= 0.6 is 11.3 Å². The molecule has 1 aromatic carbocycles. The van der Waals surface area contributed by atoms with Gasteiger partial charge in [-0.25, -0.2) is 9.69 Å². The third kappa shape index (κ3) is 3.62. The van der Waals surface area contributed by atoms with Crippen molar-refractivity contribution in [3.05, 3.63) is 52.2 Å². The minimum absolute atomic E-state index is 0.0356. The lowest BCUT2D eigenvalue weighted by molar-refractivity contribution is -0.127. The zero-order valence-electron chi connectivity index (χ0n) is 14.8. The first kappa shape index (κ1) is 18.1. The largest absolute Gasteiger partial charge is 0.356 e. The summed E-state index contributed by atoms with van der Waals surface area (Å²) in [6.45, 7) is 4.56. The van der Waals surface area contributed by atoms with Crippen molar-refractivity contribution in [3.63, 3.8) is 0 Å². The van der Waals surface area contributed by atoms with Gasteiger partial charge in [0.25, 0.3) is 5.91 Å². The first-order valence-electron chi connectivity index (χ1n) is 8.51. The fourth-order valence-electron chi connectivity index (χ4n) is 2.96. The van der Waals surface area contributed by atoms with E-state index < -0.39 is 6.04 Å². The van der Waals surface area contributed by atoms with E-state index in [1.807, 2.05) is 43.5 Å². The molecule has 1 fully saturated rings. The zero-order valence-corrected chi connectivity index (χ0v) is 15.6. The van der Waals surface area contributed by atoms with Crippen LogP contribution in [-0.2, 0) is 16.1 Å². The third-order valence-corrected chi connectivity index (χ3v) is 5.13. The van der Waals surface area contributed by atoms with Gasteiger partial charge >= 0.3 is 6.03 Å². The maximum absolute atomic E-state index is 13.0. The summed E-state index contributed by atoms with van der Waals surface area (Å²) in [5, 5.41) is 4.63. The third-order valence-electron chi connectivity index (χ3n) is 4.27. The van der Waals surface area contributed by atoms with Gasteiger partial charge in [0.2, 0.25) is 5.91 Å². The summed E-state index contributed by atoms with van der Waals surface area (Å²) < 4.78 is 0. The number of rotatable bonds is 6. The molecule has 7 heteroatoms. The van der Waals surface area contributed by atoms with Crippen molar-refractivity contribution in [3.8, 4) is 0 Å². The minimum Gasteiger partial charge on any atom is -0.356 e. The van der Waals surface area contributed by atoms with Crippen LogP contribution in [0.2, 0.25) is 0 Å². The molecule has 0 spiro atoms. The number of nitrogens with one attached hydrogen (secondary N) is 1. The van der Waals surface area contributed by atoms with E-state index >= 15 is 0 Å². The fourth-order valence-corrected chi connectivity index (χ4v) is 3.66. The van der Waals surface area contributed by atoms with E-state index in [-0.39, 0.29) is 24.3 Å². The Balaban J connectivity index is 1.90. The second-order valence-electron chi connectivity index (χ2n) is 6.17. The number of carbonyl (C=O) groups excluding carboxylic acids is 3. The number of hydrogen-bond acceptors (Lipinski definition) is 4. The van der Waals surface area contributed by atoms with Crippen LogP contribution in [0.5, 0.6) is 0 Å². The van der Waals surface area contributed by atoms with E-state index in [0.29, 0.717) is 18.8 Å². The molecule has 1 atom stereocenters. The van der Waals surface area contributed by atoms with Gasteiger partial charge in [0.1, 0.15) is 6.04 Å². The van der Waals surface area contributed by atoms with Crippen LogP contribution in [0.25, 0.3) is 0 Å². The van der Waals surface area contributed by atoms with Crippen LogP contribution in [0.3, 0.4) is 0 Å². The topological polar surface area (TPSA) is 69.7 Å². The van der Waals surface area contributed by atoms with Crippen LogP contribution < -0.4 is 10.2 Å². The van der Waals surface area contributed by atoms with Crippen LogP contribution in [0.1, 0.15) is 23.8 Å². The van der Waals surface area contributed by atoms with Crippen molar-refractivity contribution in [2.45, 2.75) is 32.9 Å². The van der Waals surface area contributed by atoms with E-state index in [0.717, 1.165) is 10.4 Å². The summed E-state index contributed by atoms with van der Waals surface area (Å²) >= 11 is 1.52. The molecule has 2 heterocycles. The normalized spacial score (nSPS) is 17.1. The second-order valence-corrected chi connectivity index (χ2v) is 7.20. The highest BCUT2D eigenvalue weighted by Crippen LogP contribution is 2.29. The molecule has 1 aliphatic heterocycles. The Hall–Kier alpha value is -2.67. The number of anilines is 1. The maximum Gasteiger partial charge on any atom is 0.332 e. The molecule has 6 nitrogen and oxygen atoms in total. The molecule has 0 radical (unpaired) electrons. The van der Waals surface area contributed by atoms with Crippen molar-refractivity contribution in [1.82, 2.24) is 10.2 Å². The molecule has 4 amide bonds. The molecule has 0 bridgehead atoms. The van der Waals surface area contributed by atoms with E-state index in [1.165, 1.54) is 21.1 Å². The van der Waals surface area contributed by atoms with E-state index in [4.69, 9.17) is 0 Å². The molecule has 2 aromatic rings. The molecule has 1 N–H and O–H groups in total. The standard InChI is InChI=1S/C19H21N3O3S/c1-3-20-17(23)11-16-18(24)22(14-8-6-13(2)7-9-14)19(25)21(16)12-15-5-4-10-26-15/h4-10,16H,3,11-12H2,1-2H3,(H,20,23)/t16-/m1/s1. The number of thiophene rings is 1. The Labute approximate surface area is 156 Å². The summed E-state index contributed by atoms with van der Waals surface area (Å²) in [5.74, 6) is -0.595. The van der Waals surface area contributed by atoms with Gasteiger partial charge in [0.15, 0.2) is 0 Å². The van der Waals surface area contributed by atoms with Gasteiger partial charge in [0.05, 0.1) is 18.7 Å². The number of nitrogens with zero attached hydrogens (tertiary/aromatic N) is 2. The molecule has 0 saturated carbocycles. The molecule has 0 aliphatic carbocycles. The van der Waals surface area contributed by atoms with Crippen LogP contribution in [-0.4, -0.2) is 35.3 Å². The summed E-state index contributed by atoms with van der Waals surface area (Å²) in [4.78, 5) is 41.7. The lowest BCUT2D eigenvalue weighted by Crippen LogP contribution is -2.39. The summed E-state index contributed by atoms with van der Waals surface area (Å²) in [6, 6.07) is 9.86. The van der Waals surface area contributed by atoms with Crippen molar-refractivity contribution >= 4 is 34.9 Å². The molecule has 1 aliphatic rings. The Morgan fingerprint density at radius 2 is 1.92 bits per heavy atom. The van der Waals surface area contributed by atoms with Crippen molar-refractivity contribution in [1.29, 1.82) is 0 Å². The number of aryl methyl sites for hydroxylation is 1. The maximum atomic E-state index is 13.0. The number of imide groups is 1. The van der Waals surface area contributed by atoms with Gasteiger partial charge in [-0.3, -0.25) is 9.59 Å². The number of carbonyl (C=O) groups is 3. The average Bonchev–Trinajstić information content (AvgIpc) is 3.19. The van der Waals surface area contributed by atoms with E-state index in [9.17, 15) is 14.4 Å². The fraction of sp³-hybridized carbons (Fsp3) is 0.316. The van der Waals surface area contributed by atoms with Gasteiger partial charge in [-0.05, 0) is 37.4 Å². The highest BCUT2D eigenvalue weighted by Gasteiger charge is 2.46. The van der Waals surface area contributed by atoms with E-state index in [2.05, 4.69) is 5.32 Å². The number of urea groups is 1. The second kappa shape index (κ2) is 7.70. The molecular weight excluding hydrogens is 350 g/mol. The van der Waals surface area contributed by atoms with Gasteiger partial charge in [-0.1, -0.05) is 23.8 Å². The summed E-state index contributed by atoms with van der Waals surface area (Å²) in [6.07, 6.45) is -0.0356. The van der Waals surface area contributed by atoms with Crippen LogP contribution in [0.15, 0.2) is 41.8 Å². The number of amides is 4. The Morgan fingerprint density at radius 1 is 1.19 bits per heavy atom. The SMILES string of the molecule is CCNC(=O)C[C@@H]1C(=O)N(c2ccc(C)cc2)C(=O)N1Cc1cccs1. The minimum atomic E-state index is -0.794. The highest BCUT2D eigenvalue weighted by atomic mass is 32.1. The number of hydrogen-bond donors (Lipinski definition) is 1. The van der Waals surface area contributed by atoms with Gasteiger partial charge in [-0.15, -0.1) is 11.3 Å². The first-order chi connectivity index (χ1) is 12.5. The molecule has 136 valence electrons. The van der Waals surface area contributed by atoms with E-state index in [1.54, 1.807) is 12.1 Å². The van der Waals surface area contributed by atoms with Crippen molar-refractivity contribution < 1.29 is 14.4 Å². The molecule has 3 rings (SSSR count). The van der Waals surface area contributed by atoms with Gasteiger partial charge in [0, 0.05) is 11.4 Å². The first-order valence-corrected chi connectivity index (χ1v) is 9.39. The monoisotopic (exact) mass is 371 g/mol. The highest BCUT2D eigenvalue weighted by molar-refractivity contribution is 7.09. The molecule has 1 aromatic heterocycles. The Morgan fingerprint density at radius 3 is 2.54 bits per heavy atom. The quantitative estimate of drug-likeness (QED) is 0.794. The van der Waals surface area contributed by atoms with Crippen molar-refractivity contribution in [2.24, 2.45) is 0 Å². The Bertz CT molecular complexity index is 802. The molecule has 0 unspecified atom stereocenters. The molecule has 26 heavy (non-hydrogen) atoms. The van der Waals surface area contributed by atoms with Crippen LogP contribution in [0, 0.1) is 6.92 Å². The van der Waals surface area contributed by atoms with Crippen molar-refractivity contribution in [2.75, 3.05) is 11.4 Å². The summed E-state index contributed by atoms with van der Waals surface area (Å²) in [7, 11) is 0. The van der Waals surface area contributed by atoms with Gasteiger partial charge < -0.3 is 10.2 Å². The van der Waals surface area contributed by atoms with Gasteiger partial charge in [-0.2, -0.15) is 0 Å². The average molecular weight is 371 g/mol. The molecule has 1 saturated heterocycles. The zero-order chi connectivity index (χ0) is 18.7.